The number of methoxy groups -OCH3 is 1. The Hall–Kier alpha value is -3.14. The van der Waals surface area contributed by atoms with Gasteiger partial charge in [-0.15, -0.1) is 0 Å². The van der Waals surface area contributed by atoms with Crippen LogP contribution in [0.25, 0.3) is 0 Å². The van der Waals surface area contributed by atoms with Crippen molar-refractivity contribution in [3.63, 3.8) is 0 Å². The number of benzene rings is 2. The molecule has 0 aromatic heterocycles. The van der Waals surface area contributed by atoms with E-state index < -0.39 is 41.5 Å². The van der Waals surface area contributed by atoms with Crippen molar-refractivity contribution in [1.29, 1.82) is 0 Å². The number of aliphatic hydroxyl groups is 1. The number of hydrogen-bond acceptors (Lipinski definition) is 4. The Balaban J connectivity index is 2.16. The summed E-state index contributed by atoms with van der Waals surface area (Å²) in [7, 11) is 1.34. The molecule has 1 aliphatic heterocycles. The zero-order valence-corrected chi connectivity index (χ0v) is 15.0. The summed E-state index contributed by atoms with van der Waals surface area (Å²) in [5, 5.41) is 14.1. The lowest BCUT2D eigenvalue weighted by Gasteiger charge is -2.45. The van der Waals surface area contributed by atoms with Crippen molar-refractivity contribution < 1.29 is 37.0 Å². The summed E-state index contributed by atoms with van der Waals surface area (Å²) in [4.78, 5) is 25.0. The number of ether oxygens (including phenoxy) is 1. The Morgan fingerprint density at radius 3 is 2.41 bits per heavy atom. The van der Waals surface area contributed by atoms with Crippen LogP contribution < -0.4 is 15.4 Å². The Labute approximate surface area is 162 Å². The van der Waals surface area contributed by atoms with Crippen molar-refractivity contribution >= 4 is 11.8 Å². The van der Waals surface area contributed by atoms with E-state index in [-0.39, 0.29) is 16.9 Å². The molecule has 0 bridgehead atoms. The standard InChI is InChI=1S/C19H16F4N2O4/c1-29-13-4-2-3-11(9-13)15-14(16(26)10-5-7-12(20)8-6-10)18(28,19(21,22)23)25-17(27)24-15/h2-9,14-15,28H,1H3,(H2,24,25,27)/t14-,15-,18-/m0/s1. The highest BCUT2D eigenvalue weighted by atomic mass is 19.4. The van der Waals surface area contributed by atoms with Crippen LogP contribution in [0.4, 0.5) is 22.4 Å². The summed E-state index contributed by atoms with van der Waals surface area (Å²) < 4.78 is 59.6. The first-order valence-electron chi connectivity index (χ1n) is 8.38. The molecule has 6 nitrogen and oxygen atoms in total. The molecule has 0 spiro atoms. The second-order valence-corrected chi connectivity index (χ2v) is 6.47. The number of hydrogen-bond donors (Lipinski definition) is 3. The Morgan fingerprint density at radius 2 is 1.83 bits per heavy atom. The molecule has 0 saturated carbocycles. The predicted octanol–water partition coefficient (Wildman–Crippen LogP) is 2.94. The molecule has 2 aromatic rings. The topological polar surface area (TPSA) is 87.7 Å². The summed E-state index contributed by atoms with van der Waals surface area (Å²) in [5.74, 6) is -3.74. The predicted molar refractivity (Wildman–Crippen MR) is 92.6 cm³/mol. The second kappa shape index (κ2) is 7.36. The molecule has 29 heavy (non-hydrogen) atoms. The fourth-order valence-electron chi connectivity index (χ4n) is 3.25. The molecule has 3 atom stereocenters. The van der Waals surface area contributed by atoms with Crippen molar-refractivity contribution in [2.75, 3.05) is 7.11 Å². The third-order valence-electron chi connectivity index (χ3n) is 4.67. The van der Waals surface area contributed by atoms with Crippen LogP contribution >= 0.6 is 0 Å². The van der Waals surface area contributed by atoms with Crippen molar-refractivity contribution in [2.45, 2.75) is 17.9 Å². The molecular formula is C19H16F4N2O4. The van der Waals surface area contributed by atoms with Gasteiger partial charge in [-0.3, -0.25) is 4.79 Å². The minimum atomic E-state index is -5.37. The molecule has 3 N–H and O–H groups in total. The van der Waals surface area contributed by atoms with Crippen LogP contribution in [0.5, 0.6) is 5.75 Å². The van der Waals surface area contributed by atoms with E-state index in [2.05, 4.69) is 5.32 Å². The van der Waals surface area contributed by atoms with Gasteiger partial charge in [-0.05, 0) is 42.0 Å². The lowest BCUT2D eigenvalue weighted by molar-refractivity contribution is -0.287. The number of halogens is 4. The van der Waals surface area contributed by atoms with E-state index in [9.17, 15) is 32.3 Å². The average molecular weight is 412 g/mol. The van der Waals surface area contributed by atoms with Crippen molar-refractivity contribution in [2.24, 2.45) is 5.92 Å². The van der Waals surface area contributed by atoms with E-state index in [0.29, 0.717) is 0 Å². The van der Waals surface area contributed by atoms with Gasteiger partial charge in [0.05, 0.1) is 13.2 Å². The first-order valence-corrected chi connectivity index (χ1v) is 8.38. The van der Waals surface area contributed by atoms with Gasteiger partial charge in [0.15, 0.2) is 5.78 Å². The summed E-state index contributed by atoms with van der Waals surface area (Å²) in [6, 6.07) is 6.72. The van der Waals surface area contributed by atoms with Gasteiger partial charge in [0.2, 0.25) is 5.72 Å². The van der Waals surface area contributed by atoms with Gasteiger partial charge in [0, 0.05) is 5.56 Å². The highest BCUT2D eigenvalue weighted by molar-refractivity contribution is 6.00. The van der Waals surface area contributed by atoms with Crippen molar-refractivity contribution in [3.8, 4) is 5.75 Å². The molecule has 2 amide bonds. The van der Waals surface area contributed by atoms with E-state index in [1.807, 2.05) is 0 Å². The van der Waals surface area contributed by atoms with Crippen LogP contribution in [0.15, 0.2) is 48.5 Å². The molecule has 3 rings (SSSR count). The largest absolute Gasteiger partial charge is 0.497 e. The number of carbonyl (C=O) groups is 2. The summed E-state index contributed by atoms with van der Waals surface area (Å²) in [5.41, 5.74) is -4.00. The van der Waals surface area contributed by atoms with Crippen LogP contribution in [0.3, 0.4) is 0 Å². The maximum Gasteiger partial charge on any atom is 0.437 e. The fourth-order valence-corrected chi connectivity index (χ4v) is 3.25. The number of alkyl halides is 3. The molecule has 154 valence electrons. The maximum absolute atomic E-state index is 13.8. The number of ketones is 1. The first kappa shape index (κ1) is 20.6. The number of carbonyl (C=O) groups excluding carboxylic acids is 2. The highest BCUT2D eigenvalue weighted by Gasteiger charge is 2.66. The molecule has 2 aromatic carbocycles. The molecule has 0 radical (unpaired) electrons. The summed E-state index contributed by atoms with van der Waals surface area (Å²) in [6.45, 7) is 0. The number of nitrogens with one attached hydrogen (secondary N) is 2. The highest BCUT2D eigenvalue weighted by Crippen LogP contribution is 2.44. The smallest absolute Gasteiger partial charge is 0.437 e. The average Bonchev–Trinajstić information content (AvgIpc) is 2.66. The SMILES string of the molecule is COc1cccc([C@@H]2NC(=O)N[C@@](O)(C(F)(F)F)[C@@H]2C(=O)c2ccc(F)cc2)c1. The third-order valence-corrected chi connectivity index (χ3v) is 4.67. The lowest BCUT2D eigenvalue weighted by Crippen LogP contribution is -2.72. The number of rotatable bonds is 4. The van der Waals surface area contributed by atoms with E-state index in [1.54, 1.807) is 0 Å². The van der Waals surface area contributed by atoms with E-state index in [4.69, 9.17) is 4.74 Å². The van der Waals surface area contributed by atoms with Crippen LogP contribution in [0.2, 0.25) is 0 Å². The summed E-state index contributed by atoms with van der Waals surface area (Å²) in [6.07, 6.45) is -5.37. The van der Waals surface area contributed by atoms with Crippen molar-refractivity contribution in [3.05, 3.63) is 65.5 Å². The van der Waals surface area contributed by atoms with Gasteiger partial charge in [0.1, 0.15) is 17.5 Å². The normalized spacial score (nSPS) is 24.4. The Kier molecular flexibility index (Phi) is 5.22. The van der Waals surface area contributed by atoms with Gasteiger partial charge in [-0.1, -0.05) is 12.1 Å². The molecule has 1 heterocycles. The molecule has 0 unspecified atom stereocenters. The third kappa shape index (κ3) is 3.75. The quantitative estimate of drug-likeness (QED) is 0.532. The lowest BCUT2D eigenvalue weighted by atomic mass is 9.77. The van der Waals surface area contributed by atoms with Crippen molar-refractivity contribution in [1.82, 2.24) is 10.6 Å². The maximum atomic E-state index is 13.8. The molecular weight excluding hydrogens is 396 g/mol. The number of urea groups is 1. The van der Waals surface area contributed by atoms with Gasteiger partial charge in [0.25, 0.3) is 0 Å². The summed E-state index contributed by atoms with van der Waals surface area (Å²) >= 11 is 0. The Bertz CT molecular complexity index is 933. The van der Waals surface area contributed by atoms with E-state index in [1.165, 1.54) is 36.7 Å². The van der Waals surface area contributed by atoms with E-state index in [0.717, 1.165) is 24.3 Å². The molecule has 1 saturated heterocycles. The van der Waals surface area contributed by atoms with Gasteiger partial charge < -0.3 is 20.5 Å². The minimum absolute atomic E-state index is 0.113. The van der Waals surface area contributed by atoms with Gasteiger partial charge in [-0.25, -0.2) is 9.18 Å². The molecule has 10 heteroatoms. The number of Topliss-reactive ketones (excluding diaryl/α,β-unsaturated/α-hetero) is 1. The molecule has 0 aliphatic carbocycles. The first-order chi connectivity index (χ1) is 13.6. The monoisotopic (exact) mass is 412 g/mol. The van der Waals surface area contributed by atoms with Gasteiger partial charge in [-0.2, -0.15) is 13.2 Å². The zero-order chi connectivity index (χ0) is 21.4. The van der Waals surface area contributed by atoms with Crippen LogP contribution in [-0.2, 0) is 0 Å². The number of amides is 2. The van der Waals surface area contributed by atoms with E-state index >= 15 is 0 Å². The second-order valence-electron chi connectivity index (χ2n) is 6.47. The van der Waals surface area contributed by atoms with Crippen LogP contribution in [-0.4, -0.2) is 35.9 Å². The zero-order valence-electron chi connectivity index (χ0n) is 15.0. The molecule has 1 fully saturated rings. The van der Waals surface area contributed by atoms with Crippen LogP contribution in [0.1, 0.15) is 22.0 Å². The molecule has 1 aliphatic rings. The Morgan fingerprint density at radius 1 is 1.17 bits per heavy atom. The fraction of sp³-hybridized carbons (Fsp3) is 0.263. The van der Waals surface area contributed by atoms with Gasteiger partial charge >= 0.3 is 12.2 Å². The van der Waals surface area contributed by atoms with Crippen LogP contribution in [0, 0.1) is 11.7 Å². The minimum Gasteiger partial charge on any atom is -0.497 e.